The topological polar surface area (TPSA) is 40.5 Å². The Morgan fingerprint density at radius 3 is 2.31 bits per heavy atom. The highest BCUT2D eigenvalue weighted by molar-refractivity contribution is 5.73. The third-order valence-electron chi connectivity index (χ3n) is 3.72. The highest BCUT2D eigenvalue weighted by atomic mass is 16.4. The average molecular weight is 227 g/mol. The van der Waals surface area contributed by atoms with Gasteiger partial charge in [-0.2, -0.15) is 0 Å². The summed E-state index contributed by atoms with van der Waals surface area (Å²) in [4.78, 5) is 13.1. The molecule has 1 N–H and O–H groups in total. The van der Waals surface area contributed by atoms with Crippen molar-refractivity contribution in [2.45, 2.75) is 57.9 Å². The van der Waals surface area contributed by atoms with Crippen molar-refractivity contribution in [3.63, 3.8) is 0 Å². The van der Waals surface area contributed by atoms with E-state index in [1.165, 1.54) is 38.5 Å². The number of nitrogens with zero attached hydrogens (tertiary/aromatic N) is 1. The molecule has 1 rings (SSSR count). The van der Waals surface area contributed by atoms with E-state index in [0.717, 1.165) is 6.54 Å². The Labute approximate surface area is 98.8 Å². The quantitative estimate of drug-likeness (QED) is 0.734. The summed E-state index contributed by atoms with van der Waals surface area (Å²) in [7, 11) is 1.95. The molecule has 0 radical (unpaired) electrons. The zero-order valence-corrected chi connectivity index (χ0v) is 10.6. The Hall–Kier alpha value is -0.570. The number of hydrogen-bond acceptors (Lipinski definition) is 2. The van der Waals surface area contributed by atoms with Crippen LogP contribution in [0.1, 0.15) is 51.9 Å². The van der Waals surface area contributed by atoms with Crippen LogP contribution in [0.5, 0.6) is 0 Å². The molecule has 3 nitrogen and oxygen atoms in total. The van der Waals surface area contributed by atoms with Gasteiger partial charge >= 0.3 is 5.97 Å². The summed E-state index contributed by atoms with van der Waals surface area (Å²) in [5, 5.41) is 9.09. The molecular formula is C13H25NO2. The first-order chi connectivity index (χ1) is 7.65. The second-order valence-corrected chi connectivity index (χ2v) is 5.06. The van der Waals surface area contributed by atoms with Crippen LogP contribution >= 0.6 is 0 Å². The van der Waals surface area contributed by atoms with E-state index >= 15 is 0 Å². The molecule has 0 amide bonds. The van der Waals surface area contributed by atoms with Crippen molar-refractivity contribution in [1.82, 2.24) is 4.90 Å². The molecule has 1 unspecified atom stereocenters. The third kappa shape index (κ3) is 4.12. The van der Waals surface area contributed by atoms with Gasteiger partial charge in [-0.05, 0) is 32.2 Å². The molecule has 16 heavy (non-hydrogen) atoms. The standard InChI is InChI=1S/C13H25NO2/c1-3-12(13(15)16)14(2)10-11-8-6-4-5-7-9-11/h11-12H,3-10H2,1-2H3,(H,15,16). The molecular weight excluding hydrogens is 202 g/mol. The summed E-state index contributed by atoms with van der Waals surface area (Å²) in [6.07, 6.45) is 8.61. The minimum absolute atomic E-state index is 0.303. The molecule has 0 saturated heterocycles. The van der Waals surface area contributed by atoms with E-state index in [4.69, 9.17) is 5.11 Å². The fourth-order valence-corrected chi connectivity index (χ4v) is 2.76. The molecule has 1 fully saturated rings. The van der Waals surface area contributed by atoms with Crippen molar-refractivity contribution in [3.8, 4) is 0 Å². The van der Waals surface area contributed by atoms with Gasteiger partial charge in [0.1, 0.15) is 6.04 Å². The van der Waals surface area contributed by atoms with E-state index in [0.29, 0.717) is 12.3 Å². The maximum absolute atomic E-state index is 11.0. The number of rotatable bonds is 5. The summed E-state index contributed by atoms with van der Waals surface area (Å²) < 4.78 is 0. The van der Waals surface area contributed by atoms with Gasteiger partial charge in [-0.15, -0.1) is 0 Å². The van der Waals surface area contributed by atoms with Crippen LogP contribution in [0.4, 0.5) is 0 Å². The van der Waals surface area contributed by atoms with Crippen molar-refractivity contribution in [2.75, 3.05) is 13.6 Å². The van der Waals surface area contributed by atoms with Crippen molar-refractivity contribution in [1.29, 1.82) is 0 Å². The maximum Gasteiger partial charge on any atom is 0.320 e. The summed E-state index contributed by atoms with van der Waals surface area (Å²) in [6, 6.07) is -0.303. The predicted molar refractivity (Wildman–Crippen MR) is 65.5 cm³/mol. The lowest BCUT2D eigenvalue weighted by Crippen LogP contribution is -2.40. The van der Waals surface area contributed by atoms with E-state index in [1.54, 1.807) is 0 Å². The highest BCUT2D eigenvalue weighted by Gasteiger charge is 2.23. The first-order valence-electron chi connectivity index (χ1n) is 6.58. The van der Waals surface area contributed by atoms with E-state index < -0.39 is 5.97 Å². The van der Waals surface area contributed by atoms with Crippen LogP contribution in [0.2, 0.25) is 0 Å². The molecule has 1 atom stereocenters. The fraction of sp³-hybridized carbons (Fsp3) is 0.923. The highest BCUT2D eigenvalue weighted by Crippen LogP contribution is 2.24. The lowest BCUT2D eigenvalue weighted by Gasteiger charge is -2.27. The normalized spacial score (nSPS) is 20.7. The van der Waals surface area contributed by atoms with Crippen molar-refractivity contribution in [3.05, 3.63) is 0 Å². The van der Waals surface area contributed by atoms with Gasteiger partial charge in [0.2, 0.25) is 0 Å². The lowest BCUT2D eigenvalue weighted by molar-refractivity contribution is -0.143. The van der Waals surface area contributed by atoms with Gasteiger partial charge < -0.3 is 5.11 Å². The smallest absolute Gasteiger partial charge is 0.320 e. The number of hydrogen-bond donors (Lipinski definition) is 1. The monoisotopic (exact) mass is 227 g/mol. The summed E-state index contributed by atoms with van der Waals surface area (Å²) >= 11 is 0. The summed E-state index contributed by atoms with van der Waals surface area (Å²) in [5.41, 5.74) is 0. The first kappa shape index (κ1) is 13.5. The van der Waals surface area contributed by atoms with Crippen LogP contribution in [0, 0.1) is 5.92 Å². The van der Waals surface area contributed by atoms with Crippen LogP contribution in [0.25, 0.3) is 0 Å². The molecule has 0 aliphatic heterocycles. The average Bonchev–Trinajstić information content (AvgIpc) is 2.46. The Kier molecular flexibility index (Phi) is 5.81. The molecule has 0 bridgehead atoms. The molecule has 0 heterocycles. The SMILES string of the molecule is CCC(C(=O)O)N(C)CC1CCCCCC1. The second kappa shape index (κ2) is 6.89. The van der Waals surface area contributed by atoms with Crippen LogP contribution in [-0.2, 0) is 4.79 Å². The second-order valence-electron chi connectivity index (χ2n) is 5.06. The number of aliphatic carboxylic acids is 1. The molecule has 1 aliphatic carbocycles. The van der Waals surface area contributed by atoms with Crippen molar-refractivity contribution in [2.24, 2.45) is 5.92 Å². The number of likely N-dealkylation sites (N-methyl/N-ethyl adjacent to an activating group) is 1. The van der Waals surface area contributed by atoms with Gasteiger partial charge in [0.25, 0.3) is 0 Å². The lowest BCUT2D eigenvalue weighted by atomic mass is 9.99. The largest absolute Gasteiger partial charge is 0.480 e. The Morgan fingerprint density at radius 1 is 1.31 bits per heavy atom. The molecule has 1 aliphatic rings. The summed E-state index contributed by atoms with van der Waals surface area (Å²) in [5.74, 6) is 0.0273. The van der Waals surface area contributed by atoms with Crippen LogP contribution in [0.15, 0.2) is 0 Å². The Morgan fingerprint density at radius 2 is 1.88 bits per heavy atom. The van der Waals surface area contributed by atoms with E-state index in [-0.39, 0.29) is 6.04 Å². The number of carboxylic acids is 1. The maximum atomic E-state index is 11.0. The minimum atomic E-state index is -0.682. The molecule has 94 valence electrons. The molecule has 3 heteroatoms. The zero-order valence-electron chi connectivity index (χ0n) is 10.6. The number of carboxylic acid groups (broad SMARTS) is 1. The Balaban J connectivity index is 2.41. The van der Waals surface area contributed by atoms with Gasteiger partial charge in [0, 0.05) is 6.54 Å². The molecule has 0 aromatic heterocycles. The van der Waals surface area contributed by atoms with E-state index in [2.05, 4.69) is 0 Å². The predicted octanol–water partition coefficient (Wildman–Crippen LogP) is 2.75. The van der Waals surface area contributed by atoms with Crippen molar-refractivity contribution >= 4 is 5.97 Å². The number of carbonyl (C=O) groups is 1. The van der Waals surface area contributed by atoms with Gasteiger partial charge in [-0.1, -0.05) is 32.6 Å². The van der Waals surface area contributed by atoms with Gasteiger partial charge in [0.05, 0.1) is 0 Å². The van der Waals surface area contributed by atoms with Gasteiger partial charge in [0.15, 0.2) is 0 Å². The zero-order chi connectivity index (χ0) is 12.0. The van der Waals surface area contributed by atoms with E-state index in [1.807, 2.05) is 18.9 Å². The van der Waals surface area contributed by atoms with Crippen LogP contribution in [-0.4, -0.2) is 35.6 Å². The molecule has 0 spiro atoms. The fourth-order valence-electron chi connectivity index (χ4n) is 2.76. The van der Waals surface area contributed by atoms with Gasteiger partial charge in [-0.25, -0.2) is 0 Å². The summed E-state index contributed by atoms with van der Waals surface area (Å²) in [6.45, 7) is 2.90. The third-order valence-corrected chi connectivity index (χ3v) is 3.72. The Bertz CT molecular complexity index is 210. The van der Waals surface area contributed by atoms with Crippen LogP contribution < -0.4 is 0 Å². The molecule has 0 aromatic rings. The first-order valence-corrected chi connectivity index (χ1v) is 6.58. The minimum Gasteiger partial charge on any atom is -0.480 e. The van der Waals surface area contributed by atoms with Gasteiger partial charge in [-0.3, -0.25) is 9.69 Å². The van der Waals surface area contributed by atoms with E-state index in [9.17, 15) is 4.79 Å². The molecule has 0 aromatic carbocycles. The molecule has 1 saturated carbocycles. The van der Waals surface area contributed by atoms with Crippen LogP contribution in [0.3, 0.4) is 0 Å². The van der Waals surface area contributed by atoms with Crippen molar-refractivity contribution < 1.29 is 9.90 Å².